The van der Waals surface area contributed by atoms with Gasteiger partial charge in [-0.1, -0.05) is 60.1 Å². The van der Waals surface area contributed by atoms with E-state index in [0.717, 1.165) is 17.7 Å². The van der Waals surface area contributed by atoms with Gasteiger partial charge in [-0.15, -0.1) is 5.10 Å². The van der Waals surface area contributed by atoms with Crippen LogP contribution in [0.15, 0.2) is 54.6 Å². The summed E-state index contributed by atoms with van der Waals surface area (Å²) in [7, 11) is 0. The zero-order valence-corrected chi connectivity index (χ0v) is 15.6. The minimum atomic E-state index is -0.110. The molecule has 0 N–H and O–H groups in total. The van der Waals surface area contributed by atoms with E-state index >= 15 is 0 Å². The molecule has 0 aliphatic heterocycles. The molecule has 0 atom stereocenters. The molecule has 26 heavy (non-hydrogen) atoms. The average Bonchev–Trinajstić information content (AvgIpc) is 3.03. The fourth-order valence-corrected chi connectivity index (χ4v) is 3.04. The van der Waals surface area contributed by atoms with Gasteiger partial charge in [0.15, 0.2) is 5.69 Å². The van der Waals surface area contributed by atoms with Crippen molar-refractivity contribution in [2.24, 2.45) is 0 Å². The van der Waals surface area contributed by atoms with Crippen LogP contribution in [0.5, 0.6) is 0 Å². The van der Waals surface area contributed by atoms with Gasteiger partial charge in [-0.05, 0) is 37.1 Å². The molecule has 0 spiro atoms. The maximum atomic E-state index is 13.1. The molecule has 1 amide bonds. The predicted molar refractivity (Wildman–Crippen MR) is 103 cm³/mol. The van der Waals surface area contributed by atoms with Crippen molar-refractivity contribution in [2.75, 3.05) is 6.54 Å². The minimum Gasteiger partial charge on any atom is -0.333 e. The maximum Gasteiger partial charge on any atom is 0.276 e. The molecule has 1 heterocycles. The first-order valence-corrected chi connectivity index (χ1v) is 8.99. The summed E-state index contributed by atoms with van der Waals surface area (Å²) in [6.07, 6.45) is 0.875. The van der Waals surface area contributed by atoms with Crippen LogP contribution in [0.3, 0.4) is 0 Å². The molecule has 0 saturated heterocycles. The van der Waals surface area contributed by atoms with Crippen molar-refractivity contribution in [3.05, 3.63) is 76.6 Å². The molecule has 0 radical (unpaired) electrons. The van der Waals surface area contributed by atoms with Crippen molar-refractivity contribution in [1.82, 2.24) is 19.9 Å². The number of halogens is 1. The highest BCUT2D eigenvalue weighted by atomic mass is 35.5. The van der Waals surface area contributed by atoms with Gasteiger partial charge in [-0.25, -0.2) is 4.68 Å². The molecule has 3 aromatic rings. The molecule has 0 bridgehead atoms. The van der Waals surface area contributed by atoms with E-state index in [1.807, 2.05) is 54.3 Å². The zero-order valence-electron chi connectivity index (χ0n) is 14.9. The van der Waals surface area contributed by atoms with Crippen molar-refractivity contribution in [2.45, 2.75) is 26.8 Å². The molecule has 0 unspecified atom stereocenters. The van der Waals surface area contributed by atoms with E-state index in [1.165, 1.54) is 0 Å². The lowest BCUT2D eigenvalue weighted by Crippen LogP contribution is -2.32. The maximum absolute atomic E-state index is 13.1. The van der Waals surface area contributed by atoms with Crippen molar-refractivity contribution in [3.63, 3.8) is 0 Å². The first kappa shape index (κ1) is 18.1. The fourth-order valence-electron chi connectivity index (χ4n) is 2.86. The molecule has 0 saturated carbocycles. The van der Waals surface area contributed by atoms with Crippen LogP contribution in [0.25, 0.3) is 5.69 Å². The van der Waals surface area contributed by atoms with E-state index in [0.29, 0.717) is 29.5 Å². The second kappa shape index (κ2) is 8.15. The molecule has 134 valence electrons. The predicted octanol–water partition coefficient (Wildman–Crippen LogP) is 4.28. The standard InChI is InChI=1S/C20H21ClN4O/c1-3-12-24(14-16-8-5-4-6-9-16)20(26)19-15(2)25(23-22-19)18-11-7-10-17(21)13-18/h4-11,13H,3,12,14H2,1-2H3. The molecule has 0 fully saturated rings. The summed E-state index contributed by atoms with van der Waals surface area (Å²) < 4.78 is 1.64. The Kier molecular flexibility index (Phi) is 5.68. The Morgan fingerprint density at radius 3 is 2.62 bits per heavy atom. The molecular weight excluding hydrogens is 348 g/mol. The van der Waals surface area contributed by atoms with Gasteiger partial charge in [-0.2, -0.15) is 0 Å². The summed E-state index contributed by atoms with van der Waals surface area (Å²) in [6.45, 7) is 5.12. The number of aromatic nitrogens is 3. The lowest BCUT2D eigenvalue weighted by Gasteiger charge is -2.21. The first-order valence-electron chi connectivity index (χ1n) is 8.61. The highest BCUT2D eigenvalue weighted by molar-refractivity contribution is 6.30. The number of nitrogens with zero attached hydrogens (tertiary/aromatic N) is 4. The van der Waals surface area contributed by atoms with E-state index in [-0.39, 0.29) is 5.91 Å². The molecule has 3 rings (SSSR count). The van der Waals surface area contributed by atoms with Gasteiger partial charge in [0.25, 0.3) is 5.91 Å². The summed E-state index contributed by atoms with van der Waals surface area (Å²) in [6, 6.07) is 17.3. The number of carbonyl (C=O) groups excluding carboxylic acids is 1. The van der Waals surface area contributed by atoms with Gasteiger partial charge in [-0.3, -0.25) is 4.79 Å². The molecule has 0 aliphatic carbocycles. The van der Waals surface area contributed by atoms with Gasteiger partial charge in [0, 0.05) is 18.1 Å². The molecular formula is C20H21ClN4O. The Labute approximate surface area is 158 Å². The van der Waals surface area contributed by atoms with E-state index in [4.69, 9.17) is 11.6 Å². The third-order valence-electron chi connectivity index (χ3n) is 4.15. The second-order valence-corrected chi connectivity index (χ2v) is 6.56. The quantitative estimate of drug-likeness (QED) is 0.652. The molecule has 1 aromatic heterocycles. The zero-order chi connectivity index (χ0) is 18.5. The van der Waals surface area contributed by atoms with Crippen LogP contribution in [-0.2, 0) is 6.54 Å². The molecule has 2 aromatic carbocycles. The third kappa shape index (κ3) is 3.94. The van der Waals surface area contributed by atoms with Crippen LogP contribution >= 0.6 is 11.6 Å². The highest BCUT2D eigenvalue weighted by Crippen LogP contribution is 2.18. The number of rotatable bonds is 6. The Morgan fingerprint density at radius 1 is 1.15 bits per heavy atom. The SMILES string of the molecule is CCCN(Cc1ccccc1)C(=O)c1nnn(-c2cccc(Cl)c2)c1C. The van der Waals surface area contributed by atoms with Crippen LogP contribution in [-0.4, -0.2) is 32.3 Å². The number of hydrogen-bond acceptors (Lipinski definition) is 3. The van der Waals surface area contributed by atoms with E-state index in [2.05, 4.69) is 17.2 Å². The van der Waals surface area contributed by atoms with Crippen LogP contribution < -0.4 is 0 Å². The first-order chi connectivity index (χ1) is 12.6. The Balaban J connectivity index is 1.88. The van der Waals surface area contributed by atoms with E-state index < -0.39 is 0 Å². The van der Waals surface area contributed by atoms with Crippen molar-refractivity contribution in [1.29, 1.82) is 0 Å². The van der Waals surface area contributed by atoms with Crippen molar-refractivity contribution < 1.29 is 4.79 Å². The van der Waals surface area contributed by atoms with Gasteiger partial charge in [0.2, 0.25) is 0 Å². The second-order valence-electron chi connectivity index (χ2n) is 6.13. The molecule has 0 aliphatic rings. The number of carbonyl (C=O) groups is 1. The lowest BCUT2D eigenvalue weighted by atomic mass is 10.2. The minimum absolute atomic E-state index is 0.110. The van der Waals surface area contributed by atoms with Crippen LogP contribution in [0.2, 0.25) is 5.02 Å². The third-order valence-corrected chi connectivity index (χ3v) is 4.38. The molecule has 6 heteroatoms. The topological polar surface area (TPSA) is 51.0 Å². The average molecular weight is 369 g/mol. The van der Waals surface area contributed by atoms with Gasteiger partial charge in [0.05, 0.1) is 11.4 Å². The van der Waals surface area contributed by atoms with Crippen molar-refractivity contribution in [3.8, 4) is 5.69 Å². The highest BCUT2D eigenvalue weighted by Gasteiger charge is 2.23. The van der Waals surface area contributed by atoms with Gasteiger partial charge in [0.1, 0.15) is 0 Å². The largest absolute Gasteiger partial charge is 0.333 e. The van der Waals surface area contributed by atoms with Crippen LogP contribution in [0.4, 0.5) is 0 Å². The van der Waals surface area contributed by atoms with Gasteiger partial charge >= 0.3 is 0 Å². The smallest absolute Gasteiger partial charge is 0.276 e. The van der Waals surface area contributed by atoms with Crippen LogP contribution in [0.1, 0.15) is 35.1 Å². The lowest BCUT2D eigenvalue weighted by molar-refractivity contribution is 0.0736. The van der Waals surface area contributed by atoms with E-state index in [1.54, 1.807) is 16.8 Å². The normalized spacial score (nSPS) is 10.7. The van der Waals surface area contributed by atoms with E-state index in [9.17, 15) is 4.79 Å². The Hall–Kier alpha value is -2.66. The number of amides is 1. The summed E-state index contributed by atoms with van der Waals surface area (Å²) >= 11 is 6.06. The fraction of sp³-hybridized carbons (Fsp3) is 0.250. The molecule has 5 nitrogen and oxygen atoms in total. The summed E-state index contributed by atoms with van der Waals surface area (Å²) in [5.41, 5.74) is 2.95. The Bertz CT molecular complexity index is 892. The van der Waals surface area contributed by atoms with Crippen LogP contribution in [0, 0.1) is 6.92 Å². The summed E-state index contributed by atoms with van der Waals surface area (Å²) in [4.78, 5) is 14.9. The van der Waals surface area contributed by atoms with Crippen molar-refractivity contribution >= 4 is 17.5 Å². The number of hydrogen-bond donors (Lipinski definition) is 0. The van der Waals surface area contributed by atoms with Gasteiger partial charge < -0.3 is 4.90 Å². The Morgan fingerprint density at radius 2 is 1.92 bits per heavy atom. The summed E-state index contributed by atoms with van der Waals surface area (Å²) in [5.74, 6) is -0.110. The summed E-state index contributed by atoms with van der Waals surface area (Å²) in [5, 5.41) is 8.92. The monoisotopic (exact) mass is 368 g/mol. The number of benzene rings is 2.